The molecular formula is C19H16FN7OS. The summed E-state index contributed by atoms with van der Waals surface area (Å²) in [6, 6.07) is 5.37. The Morgan fingerprint density at radius 3 is 2.86 bits per heavy atom. The van der Waals surface area contributed by atoms with Crippen molar-refractivity contribution < 1.29 is 9.18 Å². The molecule has 5 rings (SSSR count). The van der Waals surface area contributed by atoms with Gasteiger partial charge in [0.2, 0.25) is 0 Å². The van der Waals surface area contributed by atoms with E-state index in [1.54, 1.807) is 4.90 Å². The minimum atomic E-state index is -0.699. The molecule has 0 unspecified atom stereocenters. The lowest BCUT2D eigenvalue weighted by Crippen LogP contribution is -2.41. The molecular weight excluding hydrogens is 393 g/mol. The predicted molar refractivity (Wildman–Crippen MR) is 101 cm³/mol. The molecule has 1 aromatic carbocycles. The molecule has 1 atom stereocenters. The first-order valence-corrected chi connectivity index (χ1v) is 10.1. The maximum Gasteiger partial charge on any atom is 0.257 e. The van der Waals surface area contributed by atoms with Crippen LogP contribution < -0.4 is 0 Å². The van der Waals surface area contributed by atoms with Crippen LogP contribution in [0.3, 0.4) is 0 Å². The highest BCUT2D eigenvalue weighted by molar-refractivity contribution is 7.09. The summed E-state index contributed by atoms with van der Waals surface area (Å²) < 4.78 is 20.7. The Bertz CT molecular complexity index is 1160. The topological polar surface area (TPSA) is 101 Å². The van der Waals surface area contributed by atoms with Gasteiger partial charge in [-0.25, -0.2) is 9.37 Å². The molecule has 2 aromatic heterocycles. The molecule has 1 fully saturated rings. The Balaban J connectivity index is 1.42. The summed E-state index contributed by atoms with van der Waals surface area (Å²) in [6.07, 6.45) is 2.27. The third-order valence-electron chi connectivity index (χ3n) is 5.35. The van der Waals surface area contributed by atoms with Crippen molar-refractivity contribution in [1.82, 2.24) is 29.0 Å². The van der Waals surface area contributed by atoms with Gasteiger partial charge in [0, 0.05) is 19.0 Å². The van der Waals surface area contributed by atoms with Crippen LogP contribution in [0.2, 0.25) is 0 Å². The molecule has 1 saturated carbocycles. The van der Waals surface area contributed by atoms with Crippen LogP contribution in [-0.2, 0) is 6.54 Å². The monoisotopic (exact) mass is 409 g/mol. The molecule has 0 bridgehead atoms. The van der Waals surface area contributed by atoms with Gasteiger partial charge in [0.15, 0.2) is 16.7 Å². The fraction of sp³-hybridized carbons (Fsp3) is 0.368. The fourth-order valence-corrected chi connectivity index (χ4v) is 4.30. The summed E-state index contributed by atoms with van der Waals surface area (Å²) in [5, 5.41) is 18.2. The number of carbonyl (C=O) groups excluding carboxylic acids is 1. The summed E-state index contributed by atoms with van der Waals surface area (Å²) in [4.78, 5) is 19.1. The molecule has 146 valence electrons. The maximum atomic E-state index is 14.3. The van der Waals surface area contributed by atoms with Gasteiger partial charge in [-0.15, -0.1) is 10.2 Å². The number of hydrogen-bond acceptors (Lipinski definition) is 7. The van der Waals surface area contributed by atoms with Gasteiger partial charge >= 0.3 is 0 Å². The minimum absolute atomic E-state index is 0.0535. The van der Waals surface area contributed by atoms with E-state index in [9.17, 15) is 9.18 Å². The number of amides is 1. The van der Waals surface area contributed by atoms with Crippen molar-refractivity contribution in [2.24, 2.45) is 0 Å². The van der Waals surface area contributed by atoms with E-state index in [-0.39, 0.29) is 17.2 Å². The average Bonchev–Trinajstić information content (AvgIpc) is 3.29. The van der Waals surface area contributed by atoms with E-state index < -0.39 is 11.7 Å². The fourth-order valence-electron chi connectivity index (χ4n) is 3.57. The summed E-state index contributed by atoms with van der Waals surface area (Å²) in [5.74, 6) is 1.51. The van der Waals surface area contributed by atoms with Crippen molar-refractivity contribution in [3.8, 4) is 16.9 Å². The van der Waals surface area contributed by atoms with Crippen LogP contribution in [0.5, 0.6) is 0 Å². The maximum absolute atomic E-state index is 14.3. The Kier molecular flexibility index (Phi) is 4.13. The van der Waals surface area contributed by atoms with Crippen LogP contribution in [0.4, 0.5) is 4.39 Å². The summed E-state index contributed by atoms with van der Waals surface area (Å²) in [5.41, 5.74) is 0.125. The average molecular weight is 409 g/mol. The van der Waals surface area contributed by atoms with Gasteiger partial charge in [-0.05, 0) is 49.5 Å². The molecule has 10 heteroatoms. The Hall–Kier alpha value is -3.19. The summed E-state index contributed by atoms with van der Waals surface area (Å²) >= 11 is 1.32. The van der Waals surface area contributed by atoms with E-state index in [2.05, 4.69) is 19.6 Å². The van der Waals surface area contributed by atoms with Gasteiger partial charge in [-0.1, -0.05) is 0 Å². The molecule has 29 heavy (non-hydrogen) atoms. The Morgan fingerprint density at radius 2 is 2.14 bits per heavy atom. The minimum Gasteiger partial charge on any atom is -0.327 e. The third-order valence-corrected chi connectivity index (χ3v) is 6.08. The van der Waals surface area contributed by atoms with Crippen molar-refractivity contribution in [3.63, 3.8) is 0 Å². The molecule has 1 aliphatic carbocycles. The van der Waals surface area contributed by atoms with Crippen LogP contribution in [0, 0.1) is 17.1 Å². The molecule has 0 spiro atoms. The second kappa shape index (κ2) is 6.70. The molecule has 1 amide bonds. The molecule has 0 radical (unpaired) electrons. The Morgan fingerprint density at radius 1 is 1.31 bits per heavy atom. The van der Waals surface area contributed by atoms with E-state index in [0.717, 1.165) is 29.7 Å². The van der Waals surface area contributed by atoms with Crippen molar-refractivity contribution >= 4 is 17.4 Å². The largest absolute Gasteiger partial charge is 0.327 e. The highest BCUT2D eigenvalue weighted by Gasteiger charge is 2.34. The number of hydrogen-bond donors (Lipinski definition) is 0. The molecule has 3 aromatic rings. The van der Waals surface area contributed by atoms with Crippen molar-refractivity contribution in [2.45, 2.75) is 38.3 Å². The Labute approximate surface area is 169 Å². The lowest BCUT2D eigenvalue weighted by molar-refractivity contribution is 0.0633. The first kappa shape index (κ1) is 17.9. The number of benzene rings is 1. The lowest BCUT2D eigenvalue weighted by Gasteiger charge is -2.33. The SMILES string of the molecule is C[C@@H]1c2nnc(-c3nc(C4CC4)ns3)n2CCN1C(=O)c1ccc(C#N)cc1F. The lowest BCUT2D eigenvalue weighted by atomic mass is 10.1. The normalized spacial score (nSPS) is 18.4. The number of carbonyl (C=O) groups is 1. The predicted octanol–water partition coefficient (Wildman–Crippen LogP) is 2.90. The summed E-state index contributed by atoms with van der Waals surface area (Å²) in [7, 11) is 0. The van der Waals surface area contributed by atoms with Crippen molar-refractivity contribution in [3.05, 3.63) is 46.8 Å². The van der Waals surface area contributed by atoms with Crippen molar-refractivity contribution in [1.29, 1.82) is 5.26 Å². The number of nitrogens with zero attached hydrogens (tertiary/aromatic N) is 7. The quantitative estimate of drug-likeness (QED) is 0.659. The highest BCUT2D eigenvalue weighted by atomic mass is 32.1. The van der Waals surface area contributed by atoms with E-state index >= 15 is 0 Å². The van der Waals surface area contributed by atoms with E-state index in [4.69, 9.17) is 5.26 Å². The zero-order chi connectivity index (χ0) is 20.1. The third kappa shape index (κ3) is 2.98. The smallest absolute Gasteiger partial charge is 0.257 e. The summed E-state index contributed by atoms with van der Waals surface area (Å²) in [6.45, 7) is 2.73. The number of halogens is 1. The second-order valence-electron chi connectivity index (χ2n) is 7.25. The molecule has 0 N–H and O–H groups in total. The molecule has 0 saturated heterocycles. The number of fused-ring (bicyclic) bond motifs is 1. The van der Waals surface area contributed by atoms with Gasteiger partial charge in [-0.3, -0.25) is 4.79 Å². The first-order valence-electron chi connectivity index (χ1n) is 9.34. The molecule has 3 heterocycles. The van der Waals surface area contributed by atoms with Crippen LogP contribution in [0.25, 0.3) is 10.8 Å². The number of nitriles is 1. The standard InChI is InChI=1S/C19H16FN7OS/c1-10-16-23-24-17(18-22-15(25-29-18)12-3-4-12)27(16)7-6-26(10)19(28)13-5-2-11(9-21)8-14(13)20/h2,5,8,10,12H,3-4,6-7H2,1H3/t10-/m1/s1. The van der Waals surface area contributed by atoms with E-state index in [1.807, 2.05) is 17.6 Å². The zero-order valence-corrected chi connectivity index (χ0v) is 16.4. The molecule has 2 aliphatic rings. The molecule has 8 nitrogen and oxygen atoms in total. The van der Waals surface area contributed by atoms with Gasteiger partial charge in [0.25, 0.3) is 5.91 Å². The van der Waals surface area contributed by atoms with Gasteiger partial charge < -0.3 is 9.47 Å². The number of aromatic nitrogens is 5. The van der Waals surface area contributed by atoms with Crippen molar-refractivity contribution in [2.75, 3.05) is 6.54 Å². The van der Waals surface area contributed by atoms with Crippen LogP contribution in [0.15, 0.2) is 18.2 Å². The van der Waals surface area contributed by atoms with Gasteiger partial charge in [-0.2, -0.15) is 9.64 Å². The van der Waals surface area contributed by atoms with Gasteiger partial charge in [0.1, 0.15) is 11.6 Å². The van der Waals surface area contributed by atoms with Crippen LogP contribution in [-0.4, -0.2) is 41.5 Å². The molecule has 1 aliphatic heterocycles. The second-order valence-corrected chi connectivity index (χ2v) is 8.00. The van der Waals surface area contributed by atoms with Gasteiger partial charge in [0.05, 0.1) is 23.2 Å². The number of rotatable bonds is 3. The van der Waals surface area contributed by atoms with E-state index in [0.29, 0.717) is 30.7 Å². The van der Waals surface area contributed by atoms with Crippen LogP contribution in [0.1, 0.15) is 59.3 Å². The van der Waals surface area contributed by atoms with E-state index in [1.165, 1.54) is 23.7 Å². The zero-order valence-electron chi connectivity index (χ0n) is 15.5. The highest BCUT2D eigenvalue weighted by Crippen LogP contribution is 2.40. The van der Waals surface area contributed by atoms with Crippen LogP contribution >= 0.6 is 11.5 Å². The first-order chi connectivity index (χ1) is 14.1.